The molecule has 0 aromatic rings. The van der Waals surface area contributed by atoms with Gasteiger partial charge in [0.1, 0.15) is 0 Å². The fourth-order valence-electron chi connectivity index (χ4n) is 0.390. The van der Waals surface area contributed by atoms with Crippen LogP contribution < -0.4 is 10.6 Å². The maximum absolute atomic E-state index is 3.19. The van der Waals surface area contributed by atoms with E-state index in [0.29, 0.717) is 0 Å². The van der Waals surface area contributed by atoms with Crippen LogP contribution >= 0.6 is 0 Å². The average molecular weight is 118 g/mol. The van der Waals surface area contributed by atoms with E-state index >= 15 is 0 Å². The van der Waals surface area contributed by atoms with Crippen molar-refractivity contribution in [1.82, 2.24) is 10.6 Å². The Morgan fingerprint density at radius 1 is 1.25 bits per heavy atom. The van der Waals surface area contributed by atoms with Gasteiger partial charge in [0.25, 0.3) is 0 Å². The second-order valence-corrected chi connectivity index (χ2v) is 1.46. The average Bonchev–Trinajstić information content (AvgIpc) is 1.69. The molecule has 0 aliphatic heterocycles. The number of likely N-dealkylation sites (N-methyl/N-ethyl adjacent to an activating group) is 2. The molecule has 0 heterocycles. The molecule has 0 unspecified atom stereocenters. The Morgan fingerprint density at radius 2 is 1.88 bits per heavy atom. The lowest BCUT2D eigenvalue weighted by Crippen LogP contribution is -2.24. The predicted octanol–water partition coefficient (Wildman–Crippen LogP) is 0.451. The van der Waals surface area contributed by atoms with Crippen LogP contribution in [-0.4, -0.2) is 26.7 Å². The molecule has 0 aromatic carbocycles. The van der Waals surface area contributed by atoms with Gasteiger partial charge in [-0.05, 0) is 13.6 Å². The van der Waals surface area contributed by atoms with Crippen LogP contribution in [0, 0.1) is 0 Å². The van der Waals surface area contributed by atoms with Gasteiger partial charge in [0.15, 0.2) is 0 Å². The lowest BCUT2D eigenvalue weighted by molar-refractivity contribution is 0.672. The van der Waals surface area contributed by atoms with Gasteiger partial charge in [0.05, 0.1) is 0 Å². The van der Waals surface area contributed by atoms with E-state index in [1.165, 1.54) is 0 Å². The van der Waals surface area contributed by atoms with Crippen LogP contribution in [-0.2, 0) is 0 Å². The lowest BCUT2D eigenvalue weighted by atomic mass is 10.6. The zero-order valence-electron chi connectivity index (χ0n) is 5.12. The van der Waals surface area contributed by atoms with E-state index in [4.69, 9.17) is 0 Å². The van der Waals surface area contributed by atoms with Gasteiger partial charge in [0.2, 0.25) is 0 Å². The van der Waals surface area contributed by atoms with Gasteiger partial charge in [-0.1, -0.05) is 14.4 Å². The van der Waals surface area contributed by atoms with Gasteiger partial charge < -0.3 is 10.6 Å². The molecule has 2 nitrogen and oxygen atoms in total. The van der Waals surface area contributed by atoms with Crippen molar-refractivity contribution in [3.63, 3.8) is 0 Å². The molecular weight excluding hydrogens is 100 g/mol. The maximum Gasteiger partial charge on any atom is 0.00764 e. The summed E-state index contributed by atoms with van der Waals surface area (Å²) in [6.45, 7) is 5.32. The molecule has 0 aliphatic rings. The zero-order valence-corrected chi connectivity index (χ0v) is 5.12. The van der Waals surface area contributed by atoms with E-state index in [-0.39, 0.29) is 7.43 Å². The van der Waals surface area contributed by atoms with Gasteiger partial charge in [-0.15, -0.1) is 0 Å². The minimum atomic E-state index is 0. The first-order valence-electron chi connectivity index (χ1n) is 2.77. The van der Waals surface area contributed by atoms with Crippen molar-refractivity contribution in [2.45, 2.75) is 14.4 Å². The second kappa shape index (κ2) is 10.0. The molecule has 2 heteroatoms. The first-order valence-corrected chi connectivity index (χ1v) is 2.77. The smallest absolute Gasteiger partial charge is 0.00764 e. The highest BCUT2D eigenvalue weighted by atomic mass is 14.9. The summed E-state index contributed by atoms with van der Waals surface area (Å²) >= 11 is 0. The molecule has 0 amide bonds. The number of rotatable bonds is 4. The van der Waals surface area contributed by atoms with Crippen LogP contribution in [0.1, 0.15) is 14.4 Å². The van der Waals surface area contributed by atoms with E-state index in [2.05, 4.69) is 17.6 Å². The fraction of sp³-hybridized carbons (Fsp3) is 1.00. The van der Waals surface area contributed by atoms with Crippen molar-refractivity contribution < 1.29 is 0 Å². The van der Waals surface area contributed by atoms with Crippen LogP contribution in [0.3, 0.4) is 0 Å². The van der Waals surface area contributed by atoms with Gasteiger partial charge in [-0.3, -0.25) is 0 Å². The quantitative estimate of drug-likeness (QED) is 0.524. The Kier molecular flexibility index (Phi) is 13.6. The van der Waals surface area contributed by atoms with E-state index in [1.54, 1.807) is 0 Å². The first kappa shape index (κ1) is 10.8. The minimum absolute atomic E-state index is 0. The van der Waals surface area contributed by atoms with Gasteiger partial charge >= 0.3 is 0 Å². The summed E-state index contributed by atoms with van der Waals surface area (Å²) in [6, 6.07) is 0. The molecule has 0 atom stereocenters. The van der Waals surface area contributed by atoms with Gasteiger partial charge in [-0.25, -0.2) is 0 Å². The standard InChI is InChI=1S/C5H14N2.CH4/c1-3-7-5-4-6-2;/h6-7H,3-5H2,1-2H3;1H4. The number of hydrogen-bond donors (Lipinski definition) is 2. The third-order valence-electron chi connectivity index (χ3n) is 0.802. The normalized spacial score (nSPS) is 8.25. The van der Waals surface area contributed by atoms with Crippen molar-refractivity contribution in [3.8, 4) is 0 Å². The molecule has 0 rings (SSSR count). The molecular formula is C6H18N2. The van der Waals surface area contributed by atoms with E-state index < -0.39 is 0 Å². The summed E-state index contributed by atoms with van der Waals surface area (Å²) in [7, 11) is 1.96. The van der Waals surface area contributed by atoms with Crippen LogP contribution in [0.25, 0.3) is 0 Å². The highest BCUT2D eigenvalue weighted by molar-refractivity contribution is 4.42. The highest BCUT2D eigenvalue weighted by Crippen LogP contribution is 1.52. The van der Waals surface area contributed by atoms with Crippen molar-refractivity contribution in [2.24, 2.45) is 0 Å². The summed E-state index contributed by atoms with van der Waals surface area (Å²) in [5.41, 5.74) is 0. The summed E-state index contributed by atoms with van der Waals surface area (Å²) in [5.74, 6) is 0. The van der Waals surface area contributed by atoms with Crippen LogP contribution in [0.4, 0.5) is 0 Å². The van der Waals surface area contributed by atoms with E-state index in [0.717, 1.165) is 19.6 Å². The minimum Gasteiger partial charge on any atom is -0.318 e. The Hall–Kier alpha value is -0.0800. The molecule has 0 radical (unpaired) electrons. The molecule has 0 fully saturated rings. The van der Waals surface area contributed by atoms with Crippen molar-refractivity contribution in [3.05, 3.63) is 0 Å². The summed E-state index contributed by atoms with van der Waals surface area (Å²) in [6.07, 6.45) is 0. The topological polar surface area (TPSA) is 24.1 Å². The van der Waals surface area contributed by atoms with Crippen molar-refractivity contribution in [1.29, 1.82) is 0 Å². The van der Waals surface area contributed by atoms with Crippen molar-refractivity contribution in [2.75, 3.05) is 26.7 Å². The fourth-order valence-corrected chi connectivity index (χ4v) is 0.390. The monoisotopic (exact) mass is 118 g/mol. The third kappa shape index (κ3) is 9.33. The Labute approximate surface area is 52.7 Å². The zero-order chi connectivity index (χ0) is 5.54. The molecule has 8 heavy (non-hydrogen) atoms. The number of hydrogen-bond acceptors (Lipinski definition) is 2. The molecule has 2 N–H and O–H groups in total. The van der Waals surface area contributed by atoms with E-state index in [1.807, 2.05) is 7.05 Å². The maximum atomic E-state index is 3.19. The van der Waals surface area contributed by atoms with Crippen LogP contribution in [0.15, 0.2) is 0 Å². The van der Waals surface area contributed by atoms with E-state index in [9.17, 15) is 0 Å². The Balaban J connectivity index is 0. The van der Waals surface area contributed by atoms with Crippen LogP contribution in [0.5, 0.6) is 0 Å². The lowest BCUT2D eigenvalue weighted by Gasteiger charge is -1.96. The Bertz CT molecular complexity index is 25.7. The van der Waals surface area contributed by atoms with Gasteiger partial charge in [0, 0.05) is 13.1 Å². The largest absolute Gasteiger partial charge is 0.318 e. The molecule has 0 saturated carbocycles. The molecule has 0 saturated heterocycles. The predicted molar refractivity (Wildman–Crippen MR) is 39.2 cm³/mol. The summed E-state index contributed by atoms with van der Waals surface area (Å²) < 4.78 is 0. The summed E-state index contributed by atoms with van der Waals surface area (Å²) in [5, 5.41) is 6.23. The van der Waals surface area contributed by atoms with Gasteiger partial charge in [-0.2, -0.15) is 0 Å². The highest BCUT2D eigenvalue weighted by Gasteiger charge is 1.75. The molecule has 0 aromatic heterocycles. The molecule has 0 bridgehead atoms. The molecule has 52 valence electrons. The summed E-state index contributed by atoms with van der Waals surface area (Å²) in [4.78, 5) is 0. The molecule has 0 aliphatic carbocycles. The SMILES string of the molecule is C.CCNCCNC. The van der Waals surface area contributed by atoms with Crippen molar-refractivity contribution >= 4 is 0 Å². The molecule has 0 spiro atoms. The second-order valence-electron chi connectivity index (χ2n) is 1.46. The van der Waals surface area contributed by atoms with Crippen LogP contribution in [0.2, 0.25) is 0 Å². The number of nitrogens with one attached hydrogen (secondary N) is 2. The Morgan fingerprint density at radius 3 is 2.25 bits per heavy atom. The third-order valence-corrected chi connectivity index (χ3v) is 0.802. The first-order chi connectivity index (χ1) is 3.41.